The van der Waals surface area contributed by atoms with Crippen LogP contribution in [-0.2, 0) is 4.74 Å². The summed E-state index contributed by atoms with van der Waals surface area (Å²) in [4.78, 5) is 21.7. The van der Waals surface area contributed by atoms with E-state index in [4.69, 9.17) is 10.00 Å². The molecule has 0 aliphatic carbocycles. The van der Waals surface area contributed by atoms with Crippen molar-refractivity contribution in [2.24, 2.45) is 0 Å². The molecule has 1 aromatic rings. The molecule has 6 heteroatoms. The van der Waals surface area contributed by atoms with Crippen molar-refractivity contribution in [3.8, 4) is 6.07 Å². The fourth-order valence-corrected chi connectivity index (χ4v) is 1.42. The molecule has 0 unspecified atom stereocenters. The minimum atomic E-state index is -0.851. The Balaban J connectivity index is 3.48. The van der Waals surface area contributed by atoms with Crippen LogP contribution in [0.5, 0.6) is 0 Å². The number of esters is 1. The van der Waals surface area contributed by atoms with Gasteiger partial charge in [-0.3, -0.25) is 10.1 Å². The van der Waals surface area contributed by atoms with E-state index in [1.807, 2.05) is 0 Å². The molecule has 1 rings (SSSR count). The number of benzene rings is 1. The van der Waals surface area contributed by atoms with Gasteiger partial charge >= 0.3 is 5.97 Å². The van der Waals surface area contributed by atoms with Crippen LogP contribution in [0.4, 0.5) is 5.69 Å². The lowest BCUT2D eigenvalue weighted by Crippen LogP contribution is -2.10. The molecule has 0 aromatic heterocycles. The largest absolute Gasteiger partial charge is 0.462 e. The van der Waals surface area contributed by atoms with E-state index in [9.17, 15) is 14.9 Å². The van der Waals surface area contributed by atoms with Crippen molar-refractivity contribution in [1.29, 1.82) is 5.26 Å². The zero-order valence-corrected chi connectivity index (χ0v) is 9.39. The Kier molecular flexibility index (Phi) is 3.78. The van der Waals surface area contributed by atoms with Crippen LogP contribution < -0.4 is 0 Å². The maximum absolute atomic E-state index is 11.6. The van der Waals surface area contributed by atoms with Crippen molar-refractivity contribution in [3.63, 3.8) is 0 Å². The van der Waals surface area contributed by atoms with E-state index in [2.05, 4.69) is 0 Å². The number of nitrogens with zero attached hydrogens (tertiary/aromatic N) is 2. The number of nitro benzene ring substituents is 1. The summed E-state index contributed by atoms with van der Waals surface area (Å²) in [5.41, 5.74) is -0.193. The molecule has 1 aromatic carbocycles. The Morgan fingerprint density at radius 3 is 2.71 bits per heavy atom. The molecule has 6 nitrogen and oxygen atoms in total. The Bertz CT molecular complexity index is 517. The van der Waals surface area contributed by atoms with Gasteiger partial charge in [-0.1, -0.05) is 0 Å². The summed E-state index contributed by atoms with van der Waals surface area (Å²) in [7, 11) is 0. The van der Waals surface area contributed by atoms with Gasteiger partial charge in [-0.15, -0.1) is 0 Å². The van der Waals surface area contributed by atoms with Gasteiger partial charge < -0.3 is 4.74 Å². The molecule has 0 spiro atoms. The summed E-state index contributed by atoms with van der Waals surface area (Å²) in [5.74, 6) is -0.851. The topological polar surface area (TPSA) is 93.2 Å². The zero-order chi connectivity index (χ0) is 13.0. The average molecular weight is 234 g/mol. The molecule has 0 fully saturated rings. The summed E-state index contributed by atoms with van der Waals surface area (Å²) >= 11 is 0. The van der Waals surface area contributed by atoms with E-state index in [0.717, 1.165) is 0 Å². The molecule has 0 amide bonds. The summed E-state index contributed by atoms with van der Waals surface area (Å²) in [5, 5.41) is 19.7. The third kappa shape index (κ3) is 2.58. The van der Waals surface area contributed by atoms with Gasteiger partial charge in [0.25, 0.3) is 5.69 Å². The number of carbonyl (C=O) groups is 1. The highest BCUT2D eigenvalue weighted by Crippen LogP contribution is 2.25. The molecule has 0 aliphatic rings. The predicted molar refractivity (Wildman–Crippen MR) is 58.5 cm³/mol. The van der Waals surface area contributed by atoms with Gasteiger partial charge in [0.2, 0.25) is 0 Å². The van der Waals surface area contributed by atoms with Crippen molar-refractivity contribution in [2.75, 3.05) is 6.61 Å². The molecule has 0 heterocycles. The van der Waals surface area contributed by atoms with Gasteiger partial charge in [0.1, 0.15) is 6.07 Å². The van der Waals surface area contributed by atoms with Crippen LogP contribution in [-0.4, -0.2) is 17.5 Å². The van der Waals surface area contributed by atoms with E-state index in [0.29, 0.717) is 5.56 Å². The van der Waals surface area contributed by atoms with Crippen LogP contribution >= 0.6 is 0 Å². The standard InChI is InChI=1S/C11H10N2O4/c1-3-17-11(14)10-8(6-12)4-7(2)5-9(10)13(15)16/h4-5H,3H2,1-2H3. The second kappa shape index (κ2) is 5.07. The summed E-state index contributed by atoms with van der Waals surface area (Å²) in [6.45, 7) is 3.29. The third-order valence-electron chi connectivity index (χ3n) is 2.06. The second-order valence-electron chi connectivity index (χ2n) is 3.30. The van der Waals surface area contributed by atoms with E-state index in [1.165, 1.54) is 12.1 Å². The third-order valence-corrected chi connectivity index (χ3v) is 2.06. The lowest BCUT2D eigenvalue weighted by molar-refractivity contribution is -0.385. The van der Waals surface area contributed by atoms with Crippen LogP contribution in [0, 0.1) is 28.4 Å². The number of hydrogen-bond acceptors (Lipinski definition) is 5. The zero-order valence-electron chi connectivity index (χ0n) is 9.39. The van der Waals surface area contributed by atoms with E-state index in [1.54, 1.807) is 19.9 Å². The van der Waals surface area contributed by atoms with Gasteiger partial charge in [0.15, 0.2) is 5.56 Å². The highest BCUT2D eigenvalue weighted by Gasteiger charge is 2.26. The maximum atomic E-state index is 11.6. The molecular formula is C11H10N2O4. The van der Waals surface area contributed by atoms with E-state index >= 15 is 0 Å². The SMILES string of the molecule is CCOC(=O)c1c(C#N)cc(C)cc1[N+](=O)[O-]. The number of nitriles is 1. The molecule has 17 heavy (non-hydrogen) atoms. The normalized spacial score (nSPS) is 9.47. The van der Waals surface area contributed by atoms with Crippen LogP contribution in [0.15, 0.2) is 12.1 Å². The summed E-state index contributed by atoms with van der Waals surface area (Å²) in [6.07, 6.45) is 0. The van der Waals surface area contributed by atoms with Crippen LogP contribution in [0.1, 0.15) is 28.4 Å². The van der Waals surface area contributed by atoms with Crippen molar-refractivity contribution in [3.05, 3.63) is 38.9 Å². The number of carbonyl (C=O) groups excluding carboxylic acids is 1. The molecule has 0 N–H and O–H groups in total. The van der Waals surface area contributed by atoms with Crippen LogP contribution in [0.25, 0.3) is 0 Å². The summed E-state index contributed by atoms with van der Waals surface area (Å²) < 4.78 is 4.71. The molecule has 0 atom stereocenters. The van der Waals surface area contributed by atoms with Gasteiger partial charge in [0, 0.05) is 6.07 Å². The van der Waals surface area contributed by atoms with Gasteiger partial charge in [-0.05, 0) is 25.5 Å². The molecule has 0 saturated carbocycles. The molecule has 0 bridgehead atoms. The lowest BCUT2D eigenvalue weighted by Gasteiger charge is -2.05. The van der Waals surface area contributed by atoms with E-state index < -0.39 is 16.6 Å². The molecular weight excluding hydrogens is 224 g/mol. The molecule has 0 saturated heterocycles. The van der Waals surface area contributed by atoms with Crippen molar-refractivity contribution in [1.82, 2.24) is 0 Å². The second-order valence-corrected chi connectivity index (χ2v) is 3.30. The first kappa shape index (κ1) is 12.6. The Labute approximate surface area is 97.6 Å². The van der Waals surface area contributed by atoms with Crippen molar-refractivity contribution in [2.45, 2.75) is 13.8 Å². The first-order chi connectivity index (χ1) is 8.01. The minimum absolute atomic E-state index is 0.0462. The quantitative estimate of drug-likeness (QED) is 0.452. The molecule has 0 aliphatic heterocycles. The number of aryl methyl sites for hydroxylation is 1. The highest BCUT2D eigenvalue weighted by atomic mass is 16.6. The Morgan fingerprint density at radius 1 is 1.59 bits per heavy atom. The summed E-state index contributed by atoms with van der Waals surface area (Å²) in [6, 6.07) is 4.42. The lowest BCUT2D eigenvalue weighted by atomic mass is 10.0. The smallest absolute Gasteiger partial charge is 0.346 e. The number of hydrogen-bond donors (Lipinski definition) is 0. The van der Waals surface area contributed by atoms with E-state index in [-0.39, 0.29) is 17.7 Å². The maximum Gasteiger partial charge on any atom is 0.346 e. The first-order valence-corrected chi connectivity index (χ1v) is 4.87. The number of rotatable bonds is 3. The first-order valence-electron chi connectivity index (χ1n) is 4.87. The molecule has 88 valence electrons. The van der Waals surface area contributed by atoms with Gasteiger partial charge in [-0.2, -0.15) is 5.26 Å². The van der Waals surface area contributed by atoms with Crippen molar-refractivity contribution < 1.29 is 14.5 Å². The molecule has 0 radical (unpaired) electrons. The van der Waals surface area contributed by atoms with Gasteiger partial charge in [-0.25, -0.2) is 4.79 Å². The fraction of sp³-hybridized carbons (Fsp3) is 0.273. The highest BCUT2D eigenvalue weighted by molar-refractivity contribution is 5.96. The Hall–Kier alpha value is -2.42. The van der Waals surface area contributed by atoms with Crippen LogP contribution in [0.3, 0.4) is 0 Å². The van der Waals surface area contributed by atoms with Gasteiger partial charge in [0.05, 0.1) is 17.1 Å². The average Bonchev–Trinajstić information content (AvgIpc) is 2.27. The van der Waals surface area contributed by atoms with Crippen molar-refractivity contribution >= 4 is 11.7 Å². The minimum Gasteiger partial charge on any atom is -0.462 e. The number of nitro groups is 1. The monoisotopic (exact) mass is 234 g/mol. The Morgan fingerprint density at radius 2 is 2.24 bits per heavy atom. The van der Waals surface area contributed by atoms with Crippen LogP contribution in [0.2, 0.25) is 0 Å². The predicted octanol–water partition coefficient (Wildman–Crippen LogP) is 1.95. The fourth-order valence-electron chi connectivity index (χ4n) is 1.42. The number of ether oxygens (including phenoxy) is 1.